The van der Waals surface area contributed by atoms with Crippen molar-refractivity contribution in [2.24, 2.45) is 0 Å². The summed E-state index contributed by atoms with van der Waals surface area (Å²) in [6, 6.07) is 0.447. The molecule has 1 heterocycles. The predicted molar refractivity (Wildman–Crippen MR) is 76.0 cm³/mol. The molecule has 2 N–H and O–H groups in total. The lowest BCUT2D eigenvalue weighted by atomic mass is 9.96. The van der Waals surface area contributed by atoms with Gasteiger partial charge in [0, 0.05) is 12.1 Å². The minimum absolute atomic E-state index is 0.0406. The summed E-state index contributed by atoms with van der Waals surface area (Å²) in [4.78, 5) is 13.7. The van der Waals surface area contributed by atoms with Gasteiger partial charge in [0.05, 0.1) is 6.54 Å². The molecular weight excluding hydrogens is 283 g/mol. The molecule has 7 heteroatoms. The second-order valence-corrected chi connectivity index (χ2v) is 5.67. The Kier molecular flexibility index (Phi) is 7.45. The number of likely N-dealkylation sites (tertiary alicyclic amines) is 1. The molecule has 1 rings (SSSR count). The molecule has 2 atom stereocenters. The zero-order valence-corrected chi connectivity index (χ0v) is 12.8. The van der Waals surface area contributed by atoms with Gasteiger partial charge in [-0.05, 0) is 39.3 Å². The van der Waals surface area contributed by atoms with E-state index in [9.17, 15) is 18.0 Å². The van der Waals surface area contributed by atoms with Crippen LogP contribution >= 0.6 is 0 Å². The highest BCUT2D eigenvalue weighted by Crippen LogP contribution is 2.19. The Labute approximate surface area is 124 Å². The Morgan fingerprint density at radius 2 is 2.10 bits per heavy atom. The molecule has 4 nitrogen and oxygen atoms in total. The van der Waals surface area contributed by atoms with E-state index < -0.39 is 18.6 Å². The molecule has 0 aliphatic carbocycles. The number of hydrogen-bond donors (Lipinski definition) is 2. The smallest absolute Gasteiger partial charge is 0.346 e. The number of rotatable bonds is 7. The molecule has 0 aromatic carbocycles. The standard InChI is InChI=1S/C14H26F3N3O/c1-3-7-18-11(2)12-6-4-5-8-20(12)9-13(21)19-10-14(15,16)17/h11-12,18H,3-10H2,1-2H3,(H,19,21). The zero-order chi connectivity index (χ0) is 15.9. The molecule has 1 aliphatic heterocycles. The lowest BCUT2D eigenvalue weighted by Gasteiger charge is -2.39. The monoisotopic (exact) mass is 309 g/mol. The number of amides is 1. The first kappa shape index (κ1) is 18.2. The number of piperidine rings is 1. The van der Waals surface area contributed by atoms with Crippen molar-refractivity contribution < 1.29 is 18.0 Å². The number of nitrogens with one attached hydrogen (secondary N) is 2. The number of alkyl halides is 3. The Morgan fingerprint density at radius 1 is 1.38 bits per heavy atom. The van der Waals surface area contributed by atoms with Gasteiger partial charge >= 0.3 is 6.18 Å². The molecule has 2 unspecified atom stereocenters. The molecular formula is C14H26F3N3O. The fraction of sp³-hybridized carbons (Fsp3) is 0.929. The van der Waals surface area contributed by atoms with E-state index in [1.165, 1.54) is 0 Å². The molecule has 1 saturated heterocycles. The summed E-state index contributed by atoms with van der Waals surface area (Å²) in [5.74, 6) is -0.554. The van der Waals surface area contributed by atoms with Crippen LogP contribution in [0.5, 0.6) is 0 Å². The molecule has 0 saturated carbocycles. The first-order chi connectivity index (χ1) is 9.83. The average Bonchev–Trinajstić information content (AvgIpc) is 2.42. The Bertz CT molecular complexity index is 323. The van der Waals surface area contributed by atoms with E-state index in [4.69, 9.17) is 0 Å². The summed E-state index contributed by atoms with van der Waals surface area (Å²) in [6.45, 7) is 4.62. The fourth-order valence-electron chi connectivity index (χ4n) is 2.73. The van der Waals surface area contributed by atoms with Gasteiger partial charge in [-0.15, -0.1) is 0 Å². The van der Waals surface area contributed by atoms with Crippen LogP contribution in [-0.2, 0) is 4.79 Å². The molecule has 0 aromatic heterocycles. The van der Waals surface area contributed by atoms with Gasteiger partial charge in [-0.25, -0.2) is 0 Å². The first-order valence-corrected chi connectivity index (χ1v) is 7.64. The molecule has 0 aromatic rings. The Balaban J connectivity index is 2.47. The third-order valence-corrected chi connectivity index (χ3v) is 3.79. The molecule has 21 heavy (non-hydrogen) atoms. The summed E-state index contributed by atoms with van der Waals surface area (Å²) in [7, 11) is 0. The van der Waals surface area contributed by atoms with Gasteiger partial charge in [-0.3, -0.25) is 9.69 Å². The van der Waals surface area contributed by atoms with Crippen molar-refractivity contribution in [3.05, 3.63) is 0 Å². The molecule has 0 radical (unpaired) electrons. The number of hydrogen-bond acceptors (Lipinski definition) is 3. The normalized spacial score (nSPS) is 22.0. The fourth-order valence-corrected chi connectivity index (χ4v) is 2.73. The Hall–Kier alpha value is -0.820. The van der Waals surface area contributed by atoms with Gasteiger partial charge in [0.2, 0.25) is 5.91 Å². The van der Waals surface area contributed by atoms with E-state index in [0.29, 0.717) is 0 Å². The van der Waals surface area contributed by atoms with Crippen molar-refractivity contribution in [1.29, 1.82) is 0 Å². The molecule has 124 valence electrons. The van der Waals surface area contributed by atoms with Crippen molar-refractivity contribution in [3.63, 3.8) is 0 Å². The second kappa shape index (κ2) is 8.58. The van der Waals surface area contributed by atoms with Gasteiger partial charge in [0.15, 0.2) is 0 Å². The van der Waals surface area contributed by atoms with Crippen molar-refractivity contribution in [1.82, 2.24) is 15.5 Å². The summed E-state index contributed by atoms with van der Waals surface area (Å²) in [5, 5.41) is 5.35. The van der Waals surface area contributed by atoms with Crippen LogP contribution in [0.2, 0.25) is 0 Å². The highest BCUT2D eigenvalue weighted by Gasteiger charge is 2.30. The summed E-state index contributed by atoms with van der Waals surface area (Å²) >= 11 is 0. The largest absolute Gasteiger partial charge is 0.405 e. The van der Waals surface area contributed by atoms with Crippen LogP contribution in [0.4, 0.5) is 13.2 Å². The third kappa shape index (κ3) is 7.13. The molecule has 0 spiro atoms. The van der Waals surface area contributed by atoms with Gasteiger partial charge in [-0.2, -0.15) is 13.2 Å². The van der Waals surface area contributed by atoms with Crippen molar-refractivity contribution in [3.8, 4) is 0 Å². The van der Waals surface area contributed by atoms with Gasteiger partial charge < -0.3 is 10.6 Å². The minimum Gasteiger partial charge on any atom is -0.346 e. The maximum absolute atomic E-state index is 12.1. The summed E-state index contributed by atoms with van der Waals surface area (Å²) in [5.41, 5.74) is 0. The minimum atomic E-state index is -4.35. The quantitative estimate of drug-likeness (QED) is 0.755. The van der Waals surface area contributed by atoms with Crippen LogP contribution in [0.15, 0.2) is 0 Å². The van der Waals surface area contributed by atoms with E-state index >= 15 is 0 Å². The van der Waals surface area contributed by atoms with Crippen LogP contribution < -0.4 is 10.6 Å². The van der Waals surface area contributed by atoms with E-state index in [2.05, 4.69) is 19.2 Å². The van der Waals surface area contributed by atoms with E-state index in [1.54, 1.807) is 0 Å². The highest BCUT2D eigenvalue weighted by molar-refractivity contribution is 5.78. The van der Waals surface area contributed by atoms with Crippen LogP contribution in [0.1, 0.15) is 39.5 Å². The van der Waals surface area contributed by atoms with Gasteiger partial charge in [0.25, 0.3) is 0 Å². The number of nitrogens with zero attached hydrogens (tertiary/aromatic N) is 1. The van der Waals surface area contributed by atoms with Crippen LogP contribution in [0.25, 0.3) is 0 Å². The lowest BCUT2D eigenvalue weighted by Crippen LogP contribution is -2.54. The average molecular weight is 309 g/mol. The molecule has 1 fully saturated rings. The third-order valence-electron chi connectivity index (χ3n) is 3.79. The van der Waals surface area contributed by atoms with Crippen LogP contribution in [0, 0.1) is 0 Å². The molecule has 1 aliphatic rings. The second-order valence-electron chi connectivity index (χ2n) is 5.67. The van der Waals surface area contributed by atoms with Crippen LogP contribution in [0.3, 0.4) is 0 Å². The van der Waals surface area contributed by atoms with Crippen molar-refractivity contribution >= 4 is 5.91 Å². The summed E-state index contributed by atoms with van der Waals surface area (Å²) < 4.78 is 36.3. The lowest BCUT2D eigenvalue weighted by molar-refractivity contribution is -0.139. The zero-order valence-electron chi connectivity index (χ0n) is 12.8. The maximum Gasteiger partial charge on any atom is 0.405 e. The first-order valence-electron chi connectivity index (χ1n) is 7.64. The number of carbonyl (C=O) groups excluding carboxylic acids is 1. The van der Waals surface area contributed by atoms with Crippen molar-refractivity contribution in [2.45, 2.75) is 57.8 Å². The van der Waals surface area contributed by atoms with Crippen LogP contribution in [-0.4, -0.2) is 55.2 Å². The van der Waals surface area contributed by atoms with E-state index in [-0.39, 0.29) is 18.6 Å². The summed E-state index contributed by atoms with van der Waals surface area (Å²) in [6.07, 6.45) is -0.256. The molecule has 1 amide bonds. The van der Waals surface area contributed by atoms with Gasteiger partial charge in [-0.1, -0.05) is 13.3 Å². The number of carbonyl (C=O) groups is 1. The predicted octanol–water partition coefficient (Wildman–Crippen LogP) is 1.91. The van der Waals surface area contributed by atoms with E-state index in [1.807, 2.05) is 10.2 Å². The Morgan fingerprint density at radius 3 is 2.71 bits per heavy atom. The SMILES string of the molecule is CCCNC(C)C1CCCCN1CC(=O)NCC(F)(F)F. The van der Waals surface area contributed by atoms with Gasteiger partial charge in [0.1, 0.15) is 6.54 Å². The highest BCUT2D eigenvalue weighted by atomic mass is 19.4. The van der Waals surface area contributed by atoms with Crippen molar-refractivity contribution in [2.75, 3.05) is 26.2 Å². The van der Waals surface area contributed by atoms with E-state index in [0.717, 1.165) is 38.8 Å². The number of halogens is 3. The topological polar surface area (TPSA) is 44.4 Å². The molecule has 0 bridgehead atoms. The maximum atomic E-state index is 12.1.